The van der Waals surface area contributed by atoms with E-state index in [4.69, 9.17) is 0 Å². The van der Waals surface area contributed by atoms with E-state index in [-0.39, 0.29) is 11.8 Å². The third kappa shape index (κ3) is 0.808. The lowest BCUT2D eigenvalue weighted by Gasteiger charge is -2.05. The first-order chi connectivity index (χ1) is 5.29. The number of hydrogen-bond acceptors (Lipinski definition) is 2. The molecule has 2 aliphatic rings. The number of nitrogens with zero attached hydrogens (tertiary/aromatic N) is 2. The maximum Gasteiger partial charge on any atom is 0.255 e. The molecule has 11 heavy (non-hydrogen) atoms. The predicted molar refractivity (Wildman–Crippen MR) is 42.0 cm³/mol. The summed E-state index contributed by atoms with van der Waals surface area (Å²) in [4.78, 5) is 11.3. The second-order valence-corrected chi connectivity index (χ2v) is 2.61. The topological polar surface area (TPSA) is 32.7 Å². The van der Waals surface area contributed by atoms with Gasteiger partial charge < -0.3 is 0 Å². The lowest BCUT2D eigenvalue weighted by atomic mass is 9.99. The molecule has 1 heterocycles. The molecule has 1 amide bonds. The van der Waals surface area contributed by atoms with Crippen molar-refractivity contribution in [1.82, 2.24) is 5.01 Å². The highest BCUT2D eigenvalue weighted by atomic mass is 16.2. The number of rotatable bonds is 0. The molecule has 0 bridgehead atoms. The SMILES string of the molecule is CN1N=C2C=CC=CC2C1=O. The molecule has 0 saturated heterocycles. The van der Waals surface area contributed by atoms with Crippen molar-refractivity contribution in [3.05, 3.63) is 24.3 Å². The van der Waals surface area contributed by atoms with Gasteiger partial charge in [-0.15, -0.1) is 0 Å². The molecule has 1 atom stereocenters. The first-order valence-electron chi connectivity index (χ1n) is 3.50. The maximum atomic E-state index is 11.3. The molecular formula is C8H8N2O. The number of amides is 1. The average molecular weight is 148 g/mol. The van der Waals surface area contributed by atoms with Crippen molar-refractivity contribution in [3.63, 3.8) is 0 Å². The van der Waals surface area contributed by atoms with Crippen molar-refractivity contribution in [2.45, 2.75) is 0 Å². The molecule has 0 aromatic heterocycles. The summed E-state index contributed by atoms with van der Waals surface area (Å²) in [6.45, 7) is 0. The van der Waals surface area contributed by atoms with Crippen molar-refractivity contribution in [2.24, 2.45) is 11.0 Å². The summed E-state index contributed by atoms with van der Waals surface area (Å²) in [7, 11) is 1.68. The number of carbonyl (C=O) groups excluding carboxylic acids is 1. The van der Waals surface area contributed by atoms with Crippen molar-refractivity contribution in [1.29, 1.82) is 0 Å². The number of carbonyl (C=O) groups is 1. The monoisotopic (exact) mass is 148 g/mol. The van der Waals surface area contributed by atoms with Crippen LogP contribution in [-0.2, 0) is 4.79 Å². The first kappa shape index (κ1) is 6.34. The van der Waals surface area contributed by atoms with Gasteiger partial charge in [-0.3, -0.25) is 4.79 Å². The summed E-state index contributed by atoms with van der Waals surface area (Å²) in [5.41, 5.74) is 0.847. The van der Waals surface area contributed by atoms with Crippen LogP contribution < -0.4 is 0 Å². The second kappa shape index (κ2) is 2.05. The van der Waals surface area contributed by atoms with Gasteiger partial charge in [0.2, 0.25) is 0 Å². The Labute approximate surface area is 64.7 Å². The first-order valence-corrected chi connectivity index (χ1v) is 3.50. The van der Waals surface area contributed by atoms with E-state index in [1.807, 2.05) is 24.3 Å². The lowest BCUT2D eigenvalue weighted by molar-refractivity contribution is -0.129. The molecule has 3 nitrogen and oxygen atoms in total. The van der Waals surface area contributed by atoms with Gasteiger partial charge in [0.1, 0.15) is 5.92 Å². The van der Waals surface area contributed by atoms with Gasteiger partial charge in [0.05, 0.1) is 5.71 Å². The Morgan fingerprint density at radius 1 is 1.55 bits per heavy atom. The summed E-state index contributed by atoms with van der Waals surface area (Å²) < 4.78 is 0. The van der Waals surface area contributed by atoms with Gasteiger partial charge in [-0.05, 0) is 6.08 Å². The van der Waals surface area contributed by atoms with Crippen molar-refractivity contribution in [3.8, 4) is 0 Å². The van der Waals surface area contributed by atoms with Crippen LogP contribution in [0.25, 0.3) is 0 Å². The van der Waals surface area contributed by atoms with Crippen LogP contribution in [0.3, 0.4) is 0 Å². The number of allylic oxidation sites excluding steroid dienone is 3. The van der Waals surface area contributed by atoms with Gasteiger partial charge in [0.25, 0.3) is 5.91 Å². The smallest absolute Gasteiger partial charge is 0.255 e. The van der Waals surface area contributed by atoms with Gasteiger partial charge in [0, 0.05) is 7.05 Å². The Bertz CT molecular complexity index is 288. The molecular weight excluding hydrogens is 140 g/mol. The normalized spacial score (nSPS) is 27.4. The van der Waals surface area contributed by atoms with Crippen LogP contribution in [-0.4, -0.2) is 23.7 Å². The standard InChI is InChI=1S/C8H8N2O/c1-10-8(11)6-4-2-3-5-7(6)9-10/h2-6H,1H3. The summed E-state index contributed by atoms with van der Waals surface area (Å²) in [6.07, 6.45) is 7.50. The summed E-state index contributed by atoms with van der Waals surface area (Å²) in [5, 5.41) is 5.44. The highest BCUT2D eigenvalue weighted by molar-refractivity contribution is 6.15. The van der Waals surface area contributed by atoms with Crippen LogP contribution >= 0.6 is 0 Å². The minimum atomic E-state index is -0.120. The Kier molecular flexibility index (Phi) is 1.18. The summed E-state index contributed by atoms with van der Waals surface area (Å²) >= 11 is 0. The summed E-state index contributed by atoms with van der Waals surface area (Å²) in [5.74, 6) is -0.0643. The fraction of sp³-hybridized carbons (Fsp3) is 0.250. The van der Waals surface area contributed by atoms with Gasteiger partial charge >= 0.3 is 0 Å². The van der Waals surface area contributed by atoms with E-state index < -0.39 is 0 Å². The molecule has 1 aliphatic heterocycles. The van der Waals surface area contributed by atoms with Crippen LogP contribution in [0.4, 0.5) is 0 Å². The van der Waals surface area contributed by atoms with Gasteiger partial charge in [-0.2, -0.15) is 5.10 Å². The molecule has 0 fully saturated rings. The lowest BCUT2D eigenvalue weighted by Crippen LogP contribution is -2.23. The van der Waals surface area contributed by atoms with Gasteiger partial charge in [-0.25, -0.2) is 5.01 Å². The molecule has 0 spiro atoms. The second-order valence-electron chi connectivity index (χ2n) is 2.61. The molecule has 2 rings (SSSR count). The van der Waals surface area contributed by atoms with Crippen LogP contribution in [0.1, 0.15) is 0 Å². The molecule has 56 valence electrons. The zero-order valence-electron chi connectivity index (χ0n) is 6.19. The van der Waals surface area contributed by atoms with E-state index in [9.17, 15) is 4.79 Å². The van der Waals surface area contributed by atoms with Crippen molar-refractivity contribution < 1.29 is 4.79 Å². The van der Waals surface area contributed by atoms with Crippen LogP contribution in [0.2, 0.25) is 0 Å². The molecule has 3 heteroatoms. The number of fused-ring (bicyclic) bond motifs is 1. The summed E-state index contributed by atoms with van der Waals surface area (Å²) in [6, 6.07) is 0. The van der Waals surface area contributed by atoms with Crippen molar-refractivity contribution in [2.75, 3.05) is 7.05 Å². The van der Waals surface area contributed by atoms with E-state index in [0.717, 1.165) is 5.71 Å². The minimum Gasteiger partial charge on any atom is -0.272 e. The Morgan fingerprint density at radius 2 is 2.36 bits per heavy atom. The molecule has 0 saturated carbocycles. The molecule has 0 aromatic carbocycles. The highest BCUT2D eigenvalue weighted by Crippen LogP contribution is 2.18. The van der Waals surface area contributed by atoms with Crippen LogP contribution in [0.5, 0.6) is 0 Å². The quantitative estimate of drug-likeness (QED) is 0.494. The Hall–Kier alpha value is -1.38. The molecule has 0 N–H and O–H groups in total. The largest absolute Gasteiger partial charge is 0.272 e. The van der Waals surface area contributed by atoms with Gasteiger partial charge in [-0.1, -0.05) is 18.2 Å². The minimum absolute atomic E-state index is 0.0561. The molecule has 1 aliphatic carbocycles. The molecule has 0 aromatic rings. The van der Waals surface area contributed by atoms with E-state index in [0.29, 0.717) is 0 Å². The zero-order valence-corrected chi connectivity index (χ0v) is 6.19. The maximum absolute atomic E-state index is 11.3. The van der Waals surface area contributed by atoms with E-state index >= 15 is 0 Å². The fourth-order valence-electron chi connectivity index (χ4n) is 1.26. The van der Waals surface area contributed by atoms with E-state index in [1.165, 1.54) is 5.01 Å². The molecule has 0 radical (unpaired) electrons. The third-order valence-corrected chi connectivity index (χ3v) is 1.85. The molecule has 1 unspecified atom stereocenters. The third-order valence-electron chi connectivity index (χ3n) is 1.85. The number of hydrazone groups is 1. The average Bonchev–Trinajstić information content (AvgIpc) is 2.30. The van der Waals surface area contributed by atoms with E-state index in [2.05, 4.69) is 5.10 Å². The van der Waals surface area contributed by atoms with Crippen molar-refractivity contribution >= 4 is 11.6 Å². The zero-order chi connectivity index (χ0) is 7.84. The van der Waals surface area contributed by atoms with E-state index in [1.54, 1.807) is 7.05 Å². The Balaban J connectivity index is 2.40. The number of hydrogen-bond donors (Lipinski definition) is 0. The Morgan fingerprint density at radius 3 is 3.09 bits per heavy atom. The predicted octanol–water partition coefficient (Wildman–Crippen LogP) is 0.557. The highest BCUT2D eigenvalue weighted by Gasteiger charge is 2.30. The van der Waals surface area contributed by atoms with Gasteiger partial charge in [0.15, 0.2) is 0 Å². The van der Waals surface area contributed by atoms with Crippen LogP contribution in [0, 0.1) is 5.92 Å². The van der Waals surface area contributed by atoms with Crippen LogP contribution in [0.15, 0.2) is 29.4 Å². The fourth-order valence-corrected chi connectivity index (χ4v) is 1.26.